The Morgan fingerprint density at radius 2 is 1.35 bits per heavy atom. The number of amides is 1. The molecule has 0 saturated carbocycles. The number of hydrogen-bond donors (Lipinski definition) is 2. The van der Waals surface area contributed by atoms with Crippen LogP contribution in [0.4, 0.5) is 20.4 Å². The second kappa shape index (κ2) is 10.5. The maximum atomic E-state index is 13.2. The molecule has 0 atom stereocenters. The maximum absolute atomic E-state index is 13.2. The lowest BCUT2D eigenvalue weighted by Gasteiger charge is -2.19. The van der Waals surface area contributed by atoms with Crippen LogP contribution in [-0.2, 0) is 4.79 Å². The standard InChI is InChI=1S/C12H7ClFN3O2.C12H9ClFN3O/c13-10-9-12(15-8(18)5-19-9)17-11(16-10)6-2-1-3-7(14)4-6;13-10-9-12(15-4-5-18-9)17-11(16-10)7-2-1-3-8(14)6-7/h1-4H,5H2,(H,15,16,17,18);1-3,6H,4-5H2,(H,15,16,17). The zero-order chi connectivity index (χ0) is 25.9. The lowest BCUT2D eigenvalue weighted by molar-refractivity contribution is -0.118. The van der Waals surface area contributed by atoms with Gasteiger partial charge in [0.25, 0.3) is 5.91 Å². The fourth-order valence-electron chi connectivity index (χ4n) is 3.45. The number of rotatable bonds is 2. The van der Waals surface area contributed by atoms with Crippen molar-refractivity contribution in [3.63, 3.8) is 0 Å². The third kappa shape index (κ3) is 5.52. The Kier molecular flexibility index (Phi) is 6.97. The van der Waals surface area contributed by atoms with Crippen molar-refractivity contribution in [1.29, 1.82) is 0 Å². The highest BCUT2D eigenvalue weighted by molar-refractivity contribution is 6.31. The molecule has 2 aromatic carbocycles. The summed E-state index contributed by atoms with van der Waals surface area (Å²) in [6.07, 6.45) is 0. The molecule has 0 aliphatic carbocycles. The van der Waals surface area contributed by atoms with Gasteiger partial charge in [-0.1, -0.05) is 47.5 Å². The van der Waals surface area contributed by atoms with Crippen molar-refractivity contribution in [2.45, 2.75) is 0 Å². The van der Waals surface area contributed by atoms with Crippen molar-refractivity contribution in [2.75, 3.05) is 30.4 Å². The van der Waals surface area contributed by atoms with Gasteiger partial charge in [0.2, 0.25) is 0 Å². The van der Waals surface area contributed by atoms with Crippen molar-refractivity contribution in [3.8, 4) is 34.3 Å². The number of nitrogens with one attached hydrogen (secondary N) is 2. The Hall–Kier alpha value is -4.09. The van der Waals surface area contributed by atoms with E-state index in [9.17, 15) is 13.6 Å². The molecule has 2 aliphatic heterocycles. The molecule has 188 valence electrons. The van der Waals surface area contributed by atoms with E-state index in [4.69, 9.17) is 32.7 Å². The van der Waals surface area contributed by atoms with E-state index in [0.29, 0.717) is 41.7 Å². The van der Waals surface area contributed by atoms with Gasteiger partial charge in [-0.25, -0.2) is 28.7 Å². The molecule has 4 heterocycles. The Balaban J connectivity index is 0.000000152. The number of aromatic nitrogens is 4. The smallest absolute Gasteiger partial charge is 0.263 e. The van der Waals surface area contributed by atoms with Crippen LogP contribution in [0, 0.1) is 11.6 Å². The van der Waals surface area contributed by atoms with Gasteiger partial charge >= 0.3 is 0 Å². The van der Waals surface area contributed by atoms with Gasteiger partial charge in [-0.15, -0.1) is 0 Å². The molecule has 1 amide bonds. The quantitative estimate of drug-likeness (QED) is 0.339. The molecule has 0 spiro atoms. The molecular formula is C24H16Cl2F2N6O3. The van der Waals surface area contributed by atoms with Crippen molar-refractivity contribution in [3.05, 3.63) is 70.5 Å². The Morgan fingerprint density at radius 1 is 0.784 bits per heavy atom. The molecule has 0 saturated heterocycles. The van der Waals surface area contributed by atoms with Crippen LogP contribution >= 0.6 is 23.2 Å². The number of hydrogen-bond acceptors (Lipinski definition) is 8. The van der Waals surface area contributed by atoms with E-state index in [-0.39, 0.29) is 46.0 Å². The fraction of sp³-hybridized carbons (Fsp3) is 0.125. The molecule has 37 heavy (non-hydrogen) atoms. The van der Waals surface area contributed by atoms with Gasteiger partial charge < -0.3 is 20.1 Å². The maximum Gasteiger partial charge on any atom is 0.263 e. The number of carbonyl (C=O) groups is 1. The van der Waals surface area contributed by atoms with E-state index >= 15 is 0 Å². The van der Waals surface area contributed by atoms with Crippen molar-refractivity contribution in [1.82, 2.24) is 19.9 Å². The van der Waals surface area contributed by atoms with Gasteiger partial charge in [0.1, 0.15) is 18.2 Å². The van der Waals surface area contributed by atoms with E-state index < -0.39 is 5.82 Å². The first kappa shape index (κ1) is 24.6. The predicted octanol–water partition coefficient (Wildman–Crippen LogP) is 5.01. The highest BCUT2D eigenvalue weighted by Crippen LogP contribution is 2.35. The first-order chi connectivity index (χ1) is 17.9. The largest absolute Gasteiger partial charge is 0.485 e. The lowest BCUT2D eigenvalue weighted by Crippen LogP contribution is -2.26. The van der Waals surface area contributed by atoms with Crippen LogP contribution in [0.25, 0.3) is 22.8 Å². The summed E-state index contributed by atoms with van der Waals surface area (Å²) in [5, 5.41) is 5.91. The molecule has 9 nitrogen and oxygen atoms in total. The summed E-state index contributed by atoms with van der Waals surface area (Å²) in [4.78, 5) is 27.8. The fourth-order valence-corrected chi connectivity index (χ4v) is 3.90. The minimum Gasteiger partial charge on any atom is -0.485 e. The predicted molar refractivity (Wildman–Crippen MR) is 133 cm³/mol. The summed E-state index contributed by atoms with van der Waals surface area (Å²) in [5.41, 5.74) is 1.04. The molecule has 2 aliphatic rings. The first-order valence-electron chi connectivity index (χ1n) is 10.8. The summed E-state index contributed by atoms with van der Waals surface area (Å²) in [5.74, 6) is 0.919. The Morgan fingerprint density at radius 3 is 1.95 bits per heavy atom. The minimum atomic E-state index is -0.407. The SMILES string of the molecule is Fc1cccc(-c2nc(Cl)c3c(n2)NCCO3)c1.O=C1COc2c(Cl)nc(-c3cccc(F)c3)nc2N1. The third-order valence-electron chi connectivity index (χ3n) is 5.06. The number of benzene rings is 2. The van der Waals surface area contributed by atoms with E-state index in [0.717, 1.165) is 0 Å². The van der Waals surface area contributed by atoms with E-state index in [2.05, 4.69) is 30.6 Å². The topological polar surface area (TPSA) is 111 Å². The van der Waals surface area contributed by atoms with Crippen LogP contribution < -0.4 is 20.1 Å². The average molecular weight is 545 g/mol. The molecule has 2 aromatic heterocycles. The molecule has 0 fully saturated rings. The summed E-state index contributed by atoms with van der Waals surface area (Å²) >= 11 is 12.0. The third-order valence-corrected chi connectivity index (χ3v) is 5.57. The van der Waals surface area contributed by atoms with Crippen molar-refractivity contribution in [2.24, 2.45) is 0 Å². The normalized spacial score (nSPS) is 13.5. The Labute approximate surface area is 218 Å². The van der Waals surface area contributed by atoms with E-state index in [1.165, 1.54) is 30.3 Å². The number of carbonyl (C=O) groups excluding carboxylic acids is 1. The molecule has 0 unspecified atom stereocenters. The first-order valence-corrected chi connectivity index (χ1v) is 11.6. The number of ether oxygens (including phenoxy) is 2. The number of halogens is 4. The van der Waals surface area contributed by atoms with Crippen LogP contribution in [-0.4, -0.2) is 45.6 Å². The summed E-state index contributed by atoms with van der Waals surface area (Å²) in [6, 6.07) is 11.8. The Bertz CT molecular complexity index is 1510. The molecule has 0 radical (unpaired) electrons. The number of nitrogens with zero attached hydrogens (tertiary/aromatic N) is 4. The zero-order valence-corrected chi connectivity index (χ0v) is 20.3. The van der Waals surface area contributed by atoms with Crippen LogP contribution in [0.2, 0.25) is 10.3 Å². The molecule has 6 rings (SSSR count). The lowest BCUT2D eigenvalue weighted by atomic mass is 10.2. The van der Waals surface area contributed by atoms with Gasteiger partial charge in [-0.2, -0.15) is 0 Å². The summed E-state index contributed by atoms with van der Waals surface area (Å²) in [6.45, 7) is 1.05. The van der Waals surface area contributed by atoms with Crippen LogP contribution in [0.3, 0.4) is 0 Å². The van der Waals surface area contributed by atoms with Crippen LogP contribution in [0.1, 0.15) is 0 Å². The highest BCUT2D eigenvalue weighted by atomic mass is 35.5. The molecule has 2 N–H and O–H groups in total. The van der Waals surface area contributed by atoms with Crippen LogP contribution in [0.5, 0.6) is 11.5 Å². The summed E-state index contributed by atoms with van der Waals surface area (Å²) < 4.78 is 36.8. The van der Waals surface area contributed by atoms with E-state index in [1.54, 1.807) is 18.2 Å². The van der Waals surface area contributed by atoms with E-state index in [1.807, 2.05) is 0 Å². The molecule has 0 bridgehead atoms. The van der Waals surface area contributed by atoms with Crippen molar-refractivity contribution >= 4 is 40.7 Å². The highest BCUT2D eigenvalue weighted by Gasteiger charge is 2.23. The minimum absolute atomic E-state index is 0.0734. The monoisotopic (exact) mass is 544 g/mol. The van der Waals surface area contributed by atoms with Gasteiger partial charge in [0.05, 0.1) is 6.54 Å². The molecule has 4 aromatic rings. The van der Waals surface area contributed by atoms with Gasteiger partial charge in [-0.05, 0) is 24.3 Å². The number of anilines is 2. The molecule has 13 heteroatoms. The second-order valence-corrected chi connectivity index (χ2v) is 8.38. The zero-order valence-electron chi connectivity index (χ0n) is 18.8. The second-order valence-electron chi connectivity index (χ2n) is 7.66. The molecular weight excluding hydrogens is 529 g/mol. The summed E-state index contributed by atoms with van der Waals surface area (Å²) in [7, 11) is 0. The average Bonchev–Trinajstić information content (AvgIpc) is 2.89. The van der Waals surface area contributed by atoms with Gasteiger partial charge in [0.15, 0.2) is 51.7 Å². The van der Waals surface area contributed by atoms with Gasteiger partial charge in [0, 0.05) is 11.1 Å². The van der Waals surface area contributed by atoms with Crippen molar-refractivity contribution < 1.29 is 23.0 Å². The number of fused-ring (bicyclic) bond motifs is 2. The van der Waals surface area contributed by atoms with Crippen LogP contribution in [0.15, 0.2) is 48.5 Å². The van der Waals surface area contributed by atoms with Gasteiger partial charge in [-0.3, -0.25) is 4.79 Å².